The summed E-state index contributed by atoms with van der Waals surface area (Å²) in [7, 11) is 0. The molecule has 1 saturated carbocycles. The standard InChI is InChI=1S/C20H30N2O2.ClH/c1-15(16-9-11-21-12-10-16)13-20(23)22-17-5-4-8-19(14-17)24-18-6-2-3-7-18;/h4-5,8,14-16,18,21H,2-3,6-7,9-13H2,1H3,(H,22,23);1H. The molecule has 4 nitrogen and oxygen atoms in total. The summed E-state index contributed by atoms with van der Waals surface area (Å²) in [5.41, 5.74) is 0.841. The Morgan fingerprint density at radius 2 is 1.96 bits per heavy atom. The van der Waals surface area contributed by atoms with Gasteiger partial charge in [-0.2, -0.15) is 0 Å². The van der Waals surface area contributed by atoms with Gasteiger partial charge in [-0.05, 0) is 75.6 Å². The molecule has 0 bridgehead atoms. The zero-order valence-electron chi connectivity index (χ0n) is 15.1. The highest BCUT2D eigenvalue weighted by molar-refractivity contribution is 5.91. The summed E-state index contributed by atoms with van der Waals surface area (Å²) in [6.07, 6.45) is 8.10. The van der Waals surface area contributed by atoms with Crippen LogP contribution in [0, 0.1) is 11.8 Å². The quantitative estimate of drug-likeness (QED) is 0.784. The van der Waals surface area contributed by atoms with E-state index >= 15 is 0 Å². The van der Waals surface area contributed by atoms with E-state index in [0.29, 0.717) is 24.4 Å². The second-order valence-corrected chi connectivity index (χ2v) is 7.37. The highest BCUT2D eigenvalue weighted by Gasteiger charge is 2.22. The Hall–Kier alpha value is -1.26. The van der Waals surface area contributed by atoms with Gasteiger partial charge in [-0.1, -0.05) is 13.0 Å². The van der Waals surface area contributed by atoms with Crippen LogP contribution in [0.15, 0.2) is 24.3 Å². The smallest absolute Gasteiger partial charge is 0.224 e. The molecule has 1 aromatic carbocycles. The number of halogens is 1. The molecule has 140 valence electrons. The summed E-state index contributed by atoms with van der Waals surface area (Å²) in [6.45, 7) is 4.36. The lowest BCUT2D eigenvalue weighted by molar-refractivity contribution is -0.117. The van der Waals surface area contributed by atoms with Gasteiger partial charge in [0.25, 0.3) is 0 Å². The fourth-order valence-corrected chi connectivity index (χ4v) is 3.93. The van der Waals surface area contributed by atoms with E-state index in [4.69, 9.17) is 4.74 Å². The van der Waals surface area contributed by atoms with Crippen LogP contribution in [0.4, 0.5) is 5.69 Å². The predicted octanol–water partition coefficient (Wildman–Crippen LogP) is 4.39. The molecule has 0 spiro atoms. The number of hydrogen-bond acceptors (Lipinski definition) is 3. The van der Waals surface area contributed by atoms with Crippen LogP contribution in [0.5, 0.6) is 5.75 Å². The van der Waals surface area contributed by atoms with Crippen LogP contribution in [-0.2, 0) is 4.79 Å². The lowest BCUT2D eigenvalue weighted by Gasteiger charge is -2.27. The number of ether oxygens (including phenoxy) is 1. The van der Waals surface area contributed by atoms with Crippen molar-refractivity contribution in [1.29, 1.82) is 0 Å². The maximum absolute atomic E-state index is 12.4. The molecular formula is C20H31ClN2O2. The van der Waals surface area contributed by atoms with Crippen molar-refractivity contribution in [3.05, 3.63) is 24.3 Å². The molecule has 1 aliphatic carbocycles. The highest BCUT2D eigenvalue weighted by Crippen LogP contribution is 2.27. The molecule has 2 aliphatic rings. The number of nitrogens with one attached hydrogen (secondary N) is 2. The van der Waals surface area contributed by atoms with Gasteiger partial charge in [0.1, 0.15) is 5.75 Å². The normalized spacial score (nSPS) is 19.9. The van der Waals surface area contributed by atoms with Crippen molar-refractivity contribution < 1.29 is 9.53 Å². The van der Waals surface area contributed by atoms with E-state index in [1.54, 1.807) is 0 Å². The van der Waals surface area contributed by atoms with Gasteiger partial charge in [0.2, 0.25) is 5.91 Å². The molecule has 3 rings (SSSR count). The predicted molar refractivity (Wildman–Crippen MR) is 105 cm³/mol. The molecule has 0 radical (unpaired) electrons. The van der Waals surface area contributed by atoms with Crippen LogP contribution >= 0.6 is 12.4 Å². The van der Waals surface area contributed by atoms with Crippen molar-refractivity contribution in [2.45, 2.75) is 58.0 Å². The number of rotatable bonds is 6. The number of carbonyl (C=O) groups is 1. The van der Waals surface area contributed by atoms with Gasteiger partial charge in [0, 0.05) is 18.2 Å². The fraction of sp³-hybridized carbons (Fsp3) is 0.650. The van der Waals surface area contributed by atoms with E-state index < -0.39 is 0 Å². The number of anilines is 1. The largest absolute Gasteiger partial charge is 0.490 e. The van der Waals surface area contributed by atoms with Crippen LogP contribution in [-0.4, -0.2) is 25.1 Å². The highest BCUT2D eigenvalue weighted by atomic mass is 35.5. The van der Waals surface area contributed by atoms with Crippen LogP contribution in [0.2, 0.25) is 0 Å². The Bertz CT molecular complexity index is 540. The van der Waals surface area contributed by atoms with E-state index in [1.165, 1.54) is 25.7 Å². The minimum absolute atomic E-state index is 0. The molecule has 1 aromatic rings. The SMILES string of the molecule is CC(CC(=O)Nc1cccc(OC2CCCC2)c1)C1CCNCC1.Cl. The third kappa shape index (κ3) is 6.19. The Labute approximate surface area is 157 Å². The second-order valence-electron chi connectivity index (χ2n) is 7.37. The molecule has 1 saturated heterocycles. The third-order valence-corrected chi connectivity index (χ3v) is 5.42. The first-order valence-electron chi connectivity index (χ1n) is 9.48. The van der Waals surface area contributed by atoms with Crippen molar-refractivity contribution in [2.75, 3.05) is 18.4 Å². The Balaban J connectivity index is 0.00000225. The zero-order valence-corrected chi connectivity index (χ0v) is 15.9. The van der Waals surface area contributed by atoms with E-state index in [9.17, 15) is 4.79 Å². The molecule has 1 heterocycles. The molecule has 0 aromatic heterocycles. The lowest BCUT2D eigenvalue weighted by atomic mass is 9.84. The first-order chi connectivity index (χ1) is 11.7. The van der Waals surface area contributed by atoms with E-state index in [-0.39, 0.29) is 18.3 Å². The molecular weight excluding hydrogens is 336 g/mol. The number of carbonyl (C=O) groups excluding carboxylic acids is 1. The van der Waals surface area contributed by atoms with Gasteiger partial charge < -0.3 is 15.4 Å². The maximum atomic E-state index is 12.4. The van der Waals surface area contributed by atoms with Crippen LogP contribution in [0.3, 0.4) is 0 Å². The number of amides is 1. The zero-order chi connectivity index (χ0) is 16.8. The number of hydrogen-bond donors (Lipinski definition) is 2. The summed E-state index contributed by atoms with van der Waals surface area (Å²) >= 11 is 0. The van der Waals surface area contributed by atoms with Gasteiger partial charge >= 0.3 is 0 Å². The monoisotopic (exact) mass is 366 g/mol. The molecule has 2 fully saturated rings. The molecule has 1 amide bonds. The summed E-state index contributed by atoms with van der Waals surface area (Å²) in [6, 6.07) is 7.82. The van der Waals surface area contributed by atoms with Gasteiger partial charge in [-0.25, -0.2) is 0 Å². The van der Waals surface area contributed by atoms with Gasteiger partial charge in [-0.3, -0.25) is 4.79 Å². The average molecular weight is 367 g/mol. The van der Waals surface area contributed by atoms with Crippen LogP contribution in [0.1, 0.15) is 51.9 Å². The summed E-state index contributed by atoms with van der Waals surface area (Å²) in [5, 5.41) is 6.43. The van der Waals surface area contributed by atoms with E-state index in [2.05, 4.69) is 17.6 Å². The van der Waals surface area contributed by atoms with Crippen LogP contribution < -0.4 is 15.4 Å². The molecule has 25 heavy (non-hydrogen) atoms. The van der Waals surface area contributed by atoms with Crippen LogP contribution in [0.25, 0.3) is 0 Å². The second kappa shape index (κ2) is 10.0. The fourth-order valence-electron chi connectivity index (χ4n) is 3.93. The minimum Gasteiger partial charge on any atom is -0.490 e. The van der Waals surface area contributed by atoms with E-state index in [1.807, 2.05) is 24.3 Å². The van der Waals surface area contributed by atoms with Gasteiger partial charge in [-0.15, -0.1) is 12.4 Å². The number of benzene rings is 1. The van der Waals surface area contributed by atoms with Gasteiger partial charge in [0.05, 0.1) is 6.10 Å². The third-order valence-electron chi connectivity index (χ3n) is 5.42. The number of piperidine rings is 1. The maximum Gasteiger partial charge on any atom is 0.224 e. The molecule has 1 atom stereocenters. The lowest BCUT2D eigenvalue weighted by Crippen LogP contribution is -2.32. The minimum atomic E-state index is 0. The summed E-state index contributed by atoms with van der Waals surface area (Å²) in [5.74, 6) is 2.07. The first kappa shape index (κ1) is 20.1. The Morgan fingerprint density at radius 1 is 1.24 bits per heavy atom. The molecule has 1 aliphatic heterocycles. The topological polar surface area (TPSA) is 50.4 Å². The van der Waals surface area contributed by atoms with Crippen molar-refractivity contribution in [1.82, 2.24) is 5.32 Å². The average Bonchev–Trinajstić information content (AvgIpc) is 3.09. The van der Waals surface area contributed by atoms with Gasteiger partial charge in [0.15, 0.2) is 0 Å². The molecule has 2 N–H and O–H groups in total. The van der Waals surface area contributed by atoms with Crippen molar-refractivity contribution in [2.24, 2.45) is 11.8 Å². The summed E-state index contributed by atoms with van der Waals surface area (Å²) < 4.78 is 6.02. The molecule has 5 heteroatoms. The molecule has 1 unspecified atom stereocenters. The Kier molecular flexibility index (Phi) is 8.04. The first-order valence-corrected chi connectivity index (χ1v) is 9.48. The van der Waals surface area contributed by atoms with Crippen molar-refractivity contribution in [3.63, 3.8) is 0 Å². The van der Waals surface area contributed by atoms with E-state index in [0.717, 1.165) is 37.4 Å². The van der Waals surface area contributed by atoms with Crippen molar-refractivity contribution in [3.8, 4) is 5.75 Å². The summed E-state index contributed by atoms with van der Waals surface area (Å²) in [4.78, 5) is 12.4. The van der Waals surface area contributed by atoms with Crippen molar-refractivity contribution >= 4 is 24.0 Å². The Morgan fingerprint density at radius 3 is 2.68 bits per heavy atom.